The summed E-state index contributed by atoms with van der Waals surface area (Å²) in [7, 11) is 0. The van der Waals surface area contributed by atoms with E-state index in [0.717, 1.165) is 83.5 Å². The minimum atomic E-state index is -0.797. The summed E-state index contributed by atoms with van der Waals surface area (Å²) in [5, 5.41) is 23.8. The van der Waals surface area contributed by atoms with E-state index >= 15 is 0 Å². The molecule has 0 heterocycles. The number of carbonyl (C=O) groups is 2. The van der Waals surface area contributed by atoms with Crippen LogP contribution in [0.5, 0.6) is 0 Å². The Bertz CT molecular complexity index is 1040. The minimum Gasteiger partial charge on any atom is -0.462 e. The lowest BCUT2D eigenvalue weighted by molar-refractivity contribution is -0.151. The number of amides is 1. The zero-order valence-corrected chi connectivity index (χ0v) is 39.8. The third-order valence-electron chi connectivity index (χ3n) is 11.7. The highest BCUT2D eigenvalue weighted by atomic mass is 16.5. The second-order valence-corrected chi connectivity index (χ2v) is 17.6. The number of nitrogens with one attached hydrogen (secondary N) is 1. The van der Waals surface area contributed by atoms with Crippen molar-refractivity contribution in [2.45, 2.75) is 277 Å². The number of esters is 1. The molecule has 0 aliphatic rings. The summed E-state index contributed by atoms with van der Waals surface area (Å²) in [5.74, 6) is -0.523. The van der Waals surface area contributed by atoms with Gasteiger partial charge in [-0.1, -0.05) is 230 Å². The van der Waals surface area contributed by atoms with Gasteiger partial charge in [0.1, 0.15) is 6.10 Å². The summed E-state index contributed by atoms with van der Waals surface area (Å²) >= 11 is 0. The summed E-state index contributed by atoms with van der Waals surface area (Å²) in [6.45, 7) is 6.34. The lowest BCUT2D eigenvalue weighted by Crippen LogP contribution is -2.46. The van der Waals surface area contributed by atoms with Crippen LogP contribution in [0, 0.1) is 0 Å². The van der Waals surface area contributed by atoms with E-state index in [9.17, 15) is 19.8 Å². The van der Waals surface area contributed by atoms with E-state index in [1.165, 1.54) is 128 Å². The lowest BCUT2D eigenvalue weighted by atomic mass is 10.0. The van der Waals surface area contributed by atoms with Gasteiger partial charge in [0.25, 0.3) is 0 Å². The number of ether oxygens (including phenoxy) is 1. The maximum atomic E-state index is 13.2. The van der Waals surface area contributed by atoms with Crippen molar-refractivity contribution >= 4 is 11.9 Å². The topological polar surface area (TPSA) is 95.9 Å². The van der Waals surface area contributed by atoms with Gasteiger partial charge in [-0.05, 0) is 64.2 Å². The van der Waals surface area contributed by atoms with Crippen LogP contribution in [-0.2, 0) is 14.3 Å². The van der Waals surface area contributed by atoms with E-state index in [-0.39, 0.29) is 24.9 Å². The van der Waals surface area contributed by atoms with E-state index in [0.29, 0.717) is 19.3 Å². The average Bonchev–Trinajstić information content (AvgIpc) is 3.24. The van der Waals surface area contributed by atoms with E-state index < -0.39 is 18.2 Å². The summed E-state index contributed by atoms with van der Waals surface area (Å²) in [5.41, 5.74) is 0. The number of unbranched alkanes of at least 4 members (excludes halogenated alkanes) is 28. The summed E-state index contributed by atoms with van der Waals surface area (Å²) in [4.78, 5) is 26.1. The molecule has 0 aromatic rings. The molecule has 0 saturated heterocycles. The zero-order valence-electron chi connectivity index (χ0n) is 39.8. The van der Waals surface area contributed by atoms with Crippen molar-refractivity contribution in [3.05, 3.63) is 48.6 Å². The zero-order chi connectivity index (χ0) is 43.8. The summed E-state index contributed by atoms with van der Waals surface area (Å²) in [6.07, 6.45) is 57.5. The van der Waals surface area contributed by atoms with E-state index in [2.05, 4.69) is 74.7 Å². The minimum absolute atomic E-state index is 0.0488. The SMILES string of the molecule is CC/C=C/C=C/C=C\CCCCCCCC(=O)OC(CCC/C=C\CCCCCCCC)CC(=O)NC(CO)C(O)CCCCCCCCCCCCCCCCCCC. The van der Waals surface area contributed by atoms with Crippen molar-refractivity contribution in [3.63, 3.8) is 0 Å². The predicted octanol–water partition coefficient (Wildman–Crippen LogP) is 15.5. The van der Waals surface area contributed by atoms with Crippen molar-refractivity contribution in [2.24, 2.45) is 0 Å². The van der Waals surface area contributed by atoms with Crippen molar-refractivity contribution in [3.8, 4) is 0 Å². The van der Waals surface area contributed by atoms with Crippen molar-refractivity contribution < 1.29 is 24.5 Å². The molecule has 60 heavy (non-hydrogen) atoms. The van der Waals surface area contributed by atoms with Crippen LogP contribution in [-0.4, -0.2) is 46.9 Å². The molecule has 0 aliphatic carbocycles. The largest absolute Gasteiger partial charge is 0.462 e. The van der Waals surface area contributed by atoms with Gasteiger partial charge in [-0.3, -0.25) is 9.59 Å². The van der Waals surface area contributed by atoms with Gasteiger partial charge in [-0.15, -0.1) is 0 Å². The summed E-state index contributed by atoms with van der Waals surface area (Å²) < 4.78 is 5.89. The van der Waals surface area contributed by atoms with Gasteiger partial charge < -0.3 is 20.3 Å². The molecule has 350 valence electrons. The van der Waals surface area contributed by atoms with Crippen LogP contribution >= 0.6 is 0 Å². The van der Waals surface area contributed by atoms with Gasteiger partial charge in [0.15, 0.2) is 0 Å². The van der Waals surface area contributed by atoms with Gasteiger partial charge in [0.05, 0.1) is 25.2 Å². The van der Waals surface area contributed by atoms with Gasteiger partial charge in [0.2, 0.25) is 5.91 Å². The van der Waals surface area contributed by atoms with Gasteiger partial charge in [0, 0.05) is 6.42 Å². The van der Waals surface area contributed by atoms with Crippen molar-refractivity contribution in [2.75, 3.05) is 6.61 Å². The number of aliphatic hydroxyl groups is 2. The Kier molecular flexibility index (Phi) is 46.1. The summed E-state index contributed by atoms with van der Waals surface area (Å²) in [6, 6.07) is -0.713. The molecule has 3 N–H and O–H groups in total. The first-order valence-electron chi connectivity index (χ1n) is 25.9. The molecule has 3 unspecified atom stereocenters. The molecule has 0 bridgehead atoms. The molecule has 0 fully saturated rings. The fourth-order valence-electron chi connectivity index (χ4n) is 7.78. The fourth-order valence-corrected chi connectivity index (χ4v) is 7.78. The normalized spacial score (nSPS) is 13.6. The monoisotopic (exact) mass is 842 g/mol. The number of rotatable bonds is 46. The number of hydrogen-bond donors (Lipinski definition) is 3. The molecule has 0 aromatic heterocycles. The highest BCUT2D eigenvalue weighted by molar-refractivity contribution is 5.77. The van der Waals surface area contributed by atoms with Crippen molar-refractivity contribution in [1.29, 1.82) is 0 Å². The van der Waals surface area contributed by atoms with Crippen LogP contribution in [0.1, 0.15) is 258 Å². The Morgan fingerprint density at radius 2 is 0.933 bits per heavy atom. The lowest BCUT2D eigenvalue weighted by Gasteiger charge is -2.24. The van der Waals surface area contributed by atoms with Gasteiger partial charge in [-0.25, -0.2) is 0 Å². The van der Waals surface area contributed by atoms with Crippen LogP contribution in [0.25, 0.3) is 0 Å². The number of hydrogen-bond acceptors (Lipinski definition) is 5. The van der Waals surface area contributed by atoms with Gasteiger partial charge >= 0.3 is 5.97 Å². The van der Waals surface area contributed by atoms with E-state index in [1.54, 1.807) is 0 Å². The maximum Gasteiger partial charge on any atom is 0.306 e. The second-order valence-electron chi connectivity index (χ2n) is 17.6. The Morgan fingerprint density at radius 3 is 1.43 bits per heavy atom. The molecule has 6 nitrogen and oxygen atoms in total. The molecule has 3 atom stereocenters. The first kappa shape index (κ1) is 57.8. The van der Waals surface area contributed by atoms with Crippen LogP contribution in [0.2, 0.25) is 0 Å². The first-order chi connectivity index (χ1) is 29.5. The third-order valence-corrected chi connectivity index (χ3v) is 11.7. The highest BCUT2D eigenvalue weighted by Gasteiger charge is 2.24. The molecular formula is C54H99NO5. The highest BCUT2D eigenvalue weighted by Crippen LogP contribution is 2.17. The molecular weight excluding hydrogens is 743 g/mol. The fraction of sp³-hybridized carbons (Fsp3) is 0.815. The molecule has 0 aliphatic heterocycles. The molecule has 1 amide bonds. The third kappa shape index (κ3) is 42.5. The molecule has 6 heteroatoms. The van der Waals surface area contributed by atoms with Crippen LogP contribution in [0.3, 0.4) is 0 Å². The Balaban J connectivity index is 4.51. The number of carbonyl (C=O) groups excluding carboxylic acids is 2. The van der Waals surface area contributed by atoms with Crippen LogP contribution in [0.15, 0.2) is 48.6 Å². The molecule has 0 spiro atoms. The Morgan fingerprint density at radius 1 is 0.500 bits per heavy atom. The number of allylic oxidation sites excluding steroid dienone is 8. The molecule has 0 rings (SSSR count). The number of aliphatic hydroxyl groups excluding tert-OH is 2. The molecule has 0 saturated carbocycles. The first-order valence-corrected chi connectivity index (χ1v) is 25.9. The predicted molar refractivity (Wildman–Crippen MR) is 259 cm³/mol. The van der Waals surface area contributed by atoms with Crippen LogP contribution < -0.4 is 5.32 Å². The molecule has 0 radical (unpaired) electrons. The van der Waals surface area contributed by atoms with Crippen molar-refractivity contribution in [1.82, 2.24) is 5.32 Å². The Hall–Kier alpha value is -2.18. The van der Waals surface area contributed by atoms with E-state index in [4.69, 9.17) is 4.74 Å². The molecule has 0 aromatic carbocycles. The van der Waals surface area contributed by atoms with E-state index in [1.807, 2.05) is 0 Å². The standard InChI is InChI=1S/C54H99NO5/c1-4-7-10-13-16-19-22-24-25-26-27-29-31-34-37-40-43-46-52(57)51(49-56)55-53(58)48-50(45-42-39-36-33-30-21-18-15-12-9-6-3)60-54(59)47-44-41-38-35-32-28-23-20-17-14-11-8-5-2/h8,11,14,17,20,23,33,36,50-52,56-57H,4-7,9-10,12-13,15-16,18-19,21-22,24-32,34-35,37-49H2,1-3H3,(H,55,58)/b11-8+,17-14+,23-20-,36-33-. The quantitative estimate of drug-likeness (QED) is 0.0246. The smallest absolute Gasteiger partial charge is 0.306 e. The van der Waals surface area contributed by atoms with Crippen LogP contribution in [0.4, 0.5) is 0 Å². The Labute approximate surface area is 372 Å². The second kappa shape index (κ2) is 47.9. The maximum absolute atomic E-state index is 13.2. The average molecular weight is 842 g/mol. The van der Waals surface area contributed by atoms with Gasteiger partial charge in [-0.2, -0.15) is 0 Å².